The van der Waals surface area contributed by atoms with Crippen LogP contribution in [-0.4, -0.2) is 25.1 Å². The van der Waals surface area contributed by atoms with Crippen LogP contribution >= 0.6 is 15.9 Å². The van der Waals surface area contributed by atoms with E-state index in [0.717, 1.165) is 29.5 Å². The van der Waals surface area contributed by atoms with Crippen molar-refractivity contribution in [3.8, 4) is 5.75 Å². The van der Waals surface area contributed by atoms with E-state index >= 15 is 0 Å². The Morgan fingerprint density at radius 3 is 3.05 bits per heavy atom. The van der Waals surface area contributed by atoms with Gasteiger partial charge in [0.15, 0.2) is 0 Å². The fraction of sp³-hybridized carbons (Fsp3) is 0.562. The van der Waals surface area contributed by atoms with Gasteiger partial charge in [0.1, 0.15) is 5.75 Å². The number of nitrogens with one attached hydrogen (secondary N) is 1. The summed E-state index contributed by atoms with van der Waals surface area (Å²) in [6.07, 6.45) is 4.58. The van der Waals surface area contributed by atoms with E-state index < -0.39 is 0 Å². The summed E-state index contributed by atoms with van der Waals surface area (Å²) in [6, 6.07) is 7.99. The van der Waals surface area contributed by atoms with Crippen LogP contribution in [0.25, 0.3) is 0 Å². The van der Waals surface area contributed by atoms with Gasteiger partial charge in [0.25, 0.3) is 0 Å². The van der Waals surface area contributed by atoms with Crippen LogP contribution in [0.3, 0.4) is 0 Å². The first kappa shape index (κ1) is 16.3. The lowest BCUT2D eigenvalue weighted by Crippen LogP contribution is -2.39. The zero-order chi connectivity index (χ0) is 15.1. The van der Waals surface area contributed by atoms with Gasteiger partial charge >= 0.3 is 0 Å². The molecule has 0 heterocycles. The smallest absolute Gasteiger partial charge is 0.220 e. The average molecular weight is 355 g/mol. The molecule has 2 unspecified atom stereocenters. The van der Waals surface area contributed by atoms with Gasteiger partial charge in [0.05, 0.1) is 6.61 Å². The molecule has 4 nitrogen and oxygen atoms in total. The number of benzene rings is 1. The van der Waals surface area contributed by atoms with Gasteiger partial charge in [-0.25, -0.2) is 0 Å². The third-order valence-electron chi connectivity index (χ3n) is 3.92. The Morgan fingerprint density at radius 1 is 1.43 bits per heavy atom. The highest BCUT2D eigenvalue weighted by Gasteiger charge is 2.26. The highest BCUT2D eigenvalue weighted by molar-refractivity contribution is 9.10. The molecule has 2 rings (SSSR count). The molecular weight excluding hydrogens is 332 g/mol. The number of nitrogens with two attached hydrogens (primary N) is 1. The molecule has 0 spiro atoms. The first-order valence-corrected chi connectivity index (χ1v) is 8.36. The number of halogens is 1. The molecule has 0 aliphatic heterocycles. The highest BCUT2D eigenvalue weighted by Crippen LogP contribution is 2.24. The van der Waals surface area contributed by atoms with Crippen LogP contribution in [0.4, 0.5) is 0 Å². The van der Waals surface area contributed by atoms with Crippen LogP contribution in [-0.2, 0) is 4.79 Å². The summed E-state index contributed by atoms with van der Waals surface area (Å²) in [7, 11) is 0. The quantitative estimate of drug-likeness (QED) is 0.740. The number of carbonyl (C=O) groups is 1. The van der Waals surface area contributed by atoms with Crippen molar-refractivity contribution in [2.75, 3.05) is 13.2 Å². The largest absolute Gasteiger partial charge is 0.494 e. The van der Waals surface area contributed by atoms with E-state index in [1.807, 2.05) is 24.3 Å². The lowest BCUT2D eigenvalue weighted by atomic mass is 10.0. The maximum atomic E-state index is 11.9. The van der Waals surface area contributed by atoms with Crippen molar-refractivity contribution in [1.29, 1.82) is 0 Å². The molecule has 2 atom stereocenters. The molecule has 1 fully saturated rings. The summed E-state index contributed by atoms with van der Waals surface area (Å²) in [6.45, 7) is 1.21. The molecule has 21 heavy (non-hydrogen) atoms. The topological polar surface area (TPSA) is 64.3 Å². The van der Waals surface area contributed by atoms with Crippen molar-refractivity contribution in [2.24, 2.45) is 11.7 Å². The lowest BCUT2D eigenvalue weighted by Gasteiger charge is -2.19. The molecule has 3 N–H and O–H groups in total. The minimum absolute atomic E-state index is 0.109. The fourth-order valence-corrected chi connectivity index (χ4v) is 3.15. The number of carbonyl (C=O) groups excluding carboxylic acids is 1. The van der Waals surface area contributed by atoms with E-state index in [2.05, 4.69) is 21.2 Å². The van der Waals surface area contributed by atoms with Gasteiger partial charge in [-0.3, -0.25) is 4.79 Å². The SMILES string of the molecule is NCC1CCCC1NC(=O)CCCOc1cccc(Br)c1. The normalized spacial score (nSPS) is 21.2. The van der Waals surface area contributed by atoms with Crippen LogP contribution < -0.4 is 15.8 Å². The molecule has 0 saturated heterocycles. The molecular formula is C16H23BrN2O2. The average Bonchev–Trinajstić information content (AvgIpc) is 2.91. The summed E-state index contributed by atoms with van der Waals surface area (Å²) in [5.74, 6) is 1.38. The third kappa shape index (κ3) is 5.32. The second kappa shape index (κ2) is 8.39. The van der Waals surface area contributed by atoms with Crippen LogP contribution in [0.2, 0.25) is 0 Å². The molecule has 116 valence electrons. The Labute approximate surface area is 134 Å². The molecule has 1 aliphatic carbocycles. The number of hydrogen-bond donors (Lipinski definition) is 2. The minimum Gasteiger partial charge on any atom is -0.494 e. The predicted octanol–water partition coefficient (Wildman–Crippen LogP) is 2.85. The van der Waals surface area contributed by atoms with E-state index in [1.54, 1.807) is 0 Å². The van der Waals surface area contributed by atoms with Gasteiger partial charge in [-0.2, -0.15) is 0 Å². The van der Waals surface area contributed by atoms with Gasteiger partial charge in [-0.15, -0.1) is 0 Å². The minimum atomic E-state index is 0.109. The van der Waals surface area contributed by atoms with Gasteiger partial charge < -0.3 is 15.8 Å². The summed E-state index contributed by atoms with van der Waals surface area (Å²) >= 11 is 3.40. The van der Waals surface area contributed by atoms with Gasteiger partial charge in [-0.05, 0) is 49.9 Å². The summed E-state index contributed by atoms with van der Waals surface area (Å²) in [5.41, 5.74) is 5.72. The van der Waals surface area contributed by atoms with Crippen molar-refractivity contribution in [3.63, 3.8) is 0 Å². The number of rotatable bonds is 7. The Hall–Kier alpha value is -1.07. The number of amides is 1. The lowest BCUT2D eigenvalue weighted by molar-refractivity contribution is -0.122. The Balaban J connectivity index is 1.63. The first-order valence-electron chi connectivity index (χ1n) is 7.57. The monoisotopic (exact) mass is 354 g/mol. The predicted molar refractivity (Wildman–Crippen MR) is 87.2 cm³/mol. The number of hydrogen-bond acceptors (Lipinski definition) is 3. The van der Waals surface area contributed by atoms with E-state index in [1.165, 1.54) is 6.42 Å². The van der Waals surface area contributed by atoms with Crippen molar-refractivity contribution < 1.29 is 9.53 Å². The summed E-state index contributed by atoms with van der Waals surface area (Å²) < 4.78 is 6.61. The second-order valence-electron chi connectivity index (χ2n) is 5.51. The van der Waals surface area contributed by atoms with E-state index in [4.69, 9.17) is 10.5 Å². The van der Waals surface area contributed by atoms with Crippen LogP contribution in [0.15, 0.2) is 28.7 Å². The van der Waals surface area contributed by atoms with Crippen molar-refractivity contribution >= 4 is 21.8 Å². The Morgan fingerprint density at radius 2 is 2.29 bits per heavy atom. The van der Waals surface area contributed by atoms with Gasteiger partial charge in [0, 0.05) is 16.9 Å². The molecule has 1 saturated carbocycles. The van der Waals surface area contributed by atoms with E-state index in [0.29, 0.717) is 25.5 Å². The Kier molecular flexibility index (Phi) is 6.51. The van der Waals surface area contributed by atoms with Gasteiger partial charge in [-0.1, -0.05) is 28.4 Å². The number of ether oxygens (including phenoxy) is 1. The molecule has 1 aliphatic rings. The van der Waals surface area contributed by atoms with Crippen LogP contribution in [0, 0.1) is 5.92 Å². The second-order valence-corrected chi connectivity index (χ2v) is 6.43. The fourth-order valence-electron chi connectivity index (χ4n) is 2.77. The van der Waals surface area contributed by atoms with E-state index in [9.17, 15) is 4.79 Å². The van der Waals surface area contributed by atoms with Crippen LogP contribution in [0.5, 0.6) is 5.75 Å². The van der Waals surface area contributed by atoms with Crippen molar-refractivity contribution in [2.45, 2.75) is 38.1 Å². The van der Waals surface area contributed by atoms with Crippen molar-refractivity contribution in [3.05, 3.63) is 28.7 Å². The summed E-state index contributed by atoms with van der Waals surface area (Å²) in [5, 5.41) is 3.11. The zero-order valence-electron chi connectivity index (χ0n) is 12.2. The molecule has 0 aromatic heterocycles. The third-order valence-corrected chi connectivity index (χ3v) is 4.41. The molecule has 1 aromatic carbocycles. The van der Waals surface area contributed by atoms with Gasteiger partial charge in [0.2, 0.25) is 5.91 Å². The van der Waals surface area contributed by atoms with Crippen LogP contribution in [0.1, 0.15) is 32.1 Å². The summed E-state index contributed by atoms with van der Waals surface area (Å²) in [4.78, 5) is 11.9. The van der Waals surface area contributed by atoms with E-state index in [-0.39, 0.29) is 11.9 Å². The highest BCUT2D eigenvalue weighted by atomic mass is 79.9. The molecule has 0 bridgehead atoms. The molecule has 1 amide bonds. The standard InChI is InChI=1S/C16H23BrN2O2/c17-13-5-2-6-14(10-13)21-9-3-8-16(20)19-15-7-1-4-12(15)11-18/h2,5-6,10,12,15H,1,3-4,7-9,11,18H2,(H,19,20). The maximum absolute atomic E-state index is 11.9. The van der Waals surface area contributed by atoms with Crippen molar-refractivity contribution in [1.82, 2.24) is 5.32 Å². The molecule has 0 radical (unpaired) electrons. The molecule has 5 heteroatoms. The zero-order valence-corrected chi connectivity index (χ0v) is 13.8. The maximum Gasteiger partial charge on any atom is 0.220 e. The Bertz CT molecular complexity index is 467. The molecule has 1 aromatic rings. The first-order chi connectivity index (χ1) is 10.2.